The quantitative estimate of drug-likeness (QED) is 0.604. The van der Waals surface area contributed by atoms with Crippen LogP contribution in [0.4, 0.5) is 0 Å². The van der Waals surface area contributed by atoms with E-state index in [0.29, 0.717) is 5.56 Å². The van der Waals surface area contributed by atoms with Crippen molar-refractivity contribution in [2.45, 2.75) is 67.7 Å². The Balaban J connectivity index is 1.57. The molecule has 1 heterocycles. The van der Waals surface area contributed by atoms with E-state index >= 15 is 0 Å². The van der Waals surface area contributed by atoms with Crippen molar-refractivity contribution in [2.75, 3.05) is 19.3 Å². The largest absolute Gasteiger partial charge is 0.339 e. The first kappa shape index (κ1) is 23.3. The molecule has 2 aromatic carbocycles. The highest BCUT2D eigenvalue weighted by Crippen LogP contribution is 2.28. The average Bonchev–Trinajstić information content (AvgIpc) is 2.83. The molecule has 5 nitrogen and oxygen atoms in total. The van der Waals surface area contributed by atoms with E-state index in [1.165, 1.54) is 35.7 Å². The van der Waals surface area contributed by atoms with Gasteiger partial charge in [0.05, 0.1) is 10.5 Å². The van der Waals surface area contributed by atoms with Crippen molar-refractivity contribution in [1.82, 2.24) is 9.62 Å². The summed E-state index contributed by atoms with van der Waals surface area (Å²) >= 11 is 1.47. The molecule has 1 amide bonds. The smallest absolute Gasteiger partial charge is 0.255 e. The van der Waals surface area contributed by atoms with Gasteiger partial charge in [-0.2, -0.15) is 0 Å². The van der Waals surface area contributed by atoms with Crippen molar-refractivity contribution in [3.63, 3.8) is 0 Å². The lowest BCUT2D eigenvalue weighted by Gasteiger charge is -2.27. The highest BCUT2D eigenvalue weighted by Gasteiger charge is 2.25. The number of fused-ring (bicyclic) bond motifs is 1. The van der Waals surface area contributed by atoms with Crippen LogP contribution in [0, 0.1) is 0 Å². The van der Waals surface area contributed by atoms with Gasteiger partial charge in [-0.15, -0.1) is 11.8 Å². The monoisotopic (exact) mass is 472 g/mol. The zero-order valence-electron chi connectivity index (χ0n) is 18.9. The highest BCUT2D eigenvalue weighted by atomic mass is 32.2. The number of sulfonamides is 1. The lowest BCUT2D eigenvalue weighted by Crippen LogP contribution is -2.36. The van der Waals surface area contributed by atoms with Gasteiger partial charge in [-0.3, -0.25) is 4.79 Å². The van der Waals surface area contributed by atoms with Crippen molar-refractivity contribution in [1.29, 1.82) is 0 Å². The third kappa shape index (κ3) is 5.05. The molecule has 4 rings (SSSR count). The summed E-state index contributed by atoms with van der Waals surface area (Å²) in [6.45, 7) is 3.34. The number of nitrogens with one attached hydrogen (secondary N) is 1. The number of carbonyl (C=O) groups excluding carboxylic acids is 1. The maximum atomic E-state index is 13.2. The minimum Gasteiger partial charge on any atom is -0.339 e. The lowest BCUT2D eigenvalue weighted by molar-refractivity contribution is 0.0720. The minimum atomic E-state index is -3.77. The second-order valence-electron chi connectivity index (χ2n) is 8.79. The van der Waals surface area contributed by atoms with Gasteiger partial charge in [-0.25, -0.2) is 13.1 Å². The minimum absolute atomic E-state index is 0.0752. The fourth-order valence-corrected chi connectivity index (χ4v) is 6.51. The predicted molar refractivity (Wildman–Crippen MR) is 130 cm³/mol. The highest BCUT2D eigenvalue weighted by molar-refractivity contribution is 7.98. The second kappa shape index (κ2) is 9.98. The molecule has 0 spiro atoms. The summed E-state index contributed by atoms with van der Waals surface area (Å²) in [5, 5.41) is 0. The van der Waals surface area contributed by atoms with Gasteiger partial charge in [0, 0.05) is 24.0 Å². The maximum absolute atomic E-state index is 13.2. The first-order valence-corrected chi connectivity index (χ1v) is 14.2. The van der Waals surface area contributed by atoms with Gasteiger partial charge in [0.25, 0.3) is 5.91 Å². The van der Waals surface area contributed by atoms with E-state index in [2.05, 4.69) is 16.9 Å². The fourth-order valence-electron chi connectivity index (χ4n) is 4.68. The van der Waals surface area contributed by atoms with Gasteiger partial charge in [-0.1, -0.05) is 18.2 Å². The molecule has 0 unspecified atom stereocenters. The molecule has 1 N–H and O–H groups in total. The van der Waals surface area contributed by atoms with Gasteiger partial charge in [0.15, 0.2) is 0 Å². The third-order valence-corrected chi connectivity index (χ3v) is 8.89. The zero-order chi connectivity index (χ0) is 22.7. The molecule has 1 saturated heterocycles. The van der Waals surface area contributed by atoms with E-state index < -0.39 is 10.0 Å². The summed E-state index contributed by atoms with van der Waals surface area (Å²) in [5.41, 5.74) is 4.16. The van der Waals surface area contributed by atoms with E-state index in [9.17, 15) is 13.2 Å². The molecule has 172 valence electrons. The Morgan fingerprint density at radius 2 is 1.69 bits per heavy atom. The Bertz CT molecular complexity index is 1090. The molecule has 7 heteroatoms. The fraction of sp³-hybridized carbons (Fsp3) is 0.480. The Hall–Kier alpha value is -1.83. The van der Waals surface area contributed by atoms with Crippen molar-refractivity contribution in [2.24, 2.45) is 0 Å². The third-order valence-electron chi connectivity index (χ3n) is 6.56. The molecule has 2 aliphatic rings. The van der Waals surface area contributed by atoms with Crippen LogP contribution in [0.5, 0.6) is 0 Å². The number of nitrogens with zero attached hydrogens (tertiary/aromatic N) is 1. The summed E-state index contributed by atoms with van der Waals surface area (Å²) < 4.78 is 29.2. The number of thioether (sulfide) groups is 1. The molecule has 32 heavy (non-hydrogen) atoms. The standard InChI is InChI=1S/C25H32N2O3S2/c1-18(20-11-10-19-8-4-5-9-21(19)16-20)26-32(29,30)22-12-13-24(31-2)23(17-22)25(28)27-14-6-3-7-15-27/h10-13,16-18,26H,3-9,14-15H2,1-2H3/t18-/m1/s1. The number of carbonyl (C=O) groups is 1. The van der Waals surface area contributed by atoms with Crippen LogP contribution in [0.25, 0.3) is 0 Å². The van der Waals surface area contributed by atoms with Crippen LogP contribution in [0.3, 0.4) is 0 Å². The summed E-state index contributed by atoms with van der Waals surface area (Å²) in [4.78, 5) is 15.9. The van der Waals surface area contributed by atoms with Crippen LogP contribution >= 0.6 is 11.8 Å². The molecule has 1 fully saturated rings. The van der Waals surface area contributed by atoms with Crippen molar-refractivity contribution in [3.05, 3.63) is 58.7 Å². The summed E-state index contributed by atoms with van der Waals surface area (Å²) in [5.74, 6) is -0.0752. The molecule has 0 bridgehead atoms. The van der Waals surface area contributed by atoms with Crippen molar-refractivity contribution in [3.8, 4) is 0 Å². The van der Waals surface area contributed by atoms with Gasteiger partial charge in [0.1, 0.15) is 0 Å². The number of amides is 1. The maximum Gasteiger partial charge on any atom is 0.255 e. The Morgan fingerprint density at radius 1 is 0.969 bits per heavy atom. The van der Waals surface area contributed by atoms with Crippen molar-refractivity contribution < 1.29 is 13.2 Å². The summed E-state index contributed by atoms with van der Waals surface area (Å²) in [6.07, 6.45) is 9.61. The number of aryl methyl sites for hydroxylation is 2. The summed E-state index contributed by atoms with van der Waals surface area (Å²) in [7, 11) is -3.77. The molecule has 2 aromatic rings. The molecule has 0 saturated carbocycles. The van der Waals surface area contributed by atoms with E-state index in [4.69, 9.17) is 0 Å². The predicted octanol–water partition coefficient (Wildman–Crippen LogP) is 4.95. The zero-order valence-corrected chi connectivity index (χ0v) is 20.5. The van der Waals surface area contributed by atoms with Gasteiger partial charge in [-0.05, 0) is 93.0 Å². The molecule has 1 aliphatic heterocycles. The van der Waals surface area contributed by atoms with Crippen LogP contribution in [0.1, 0.15) is 72.1 Å². The number of hydrogen-bond donors (Lipinski definition) is 1. The van der Waals surface area contributed by atoms with E-state index in [0.717, 1.165) is 55.7 Å². The van der Waals surface area contributed by atoms with Crippen LogP contribution in [-0.2, 0) is 22.9 Å². The second-order valence-corrected chi connectivity index (χ2v) is 11.4. The number of hydrogen-bond acceptors (Lipinski definition) is 4. The molecular weight excluding hydrogens is 440 g/mol. The van der Waals surface area contributed by atoms with E-state index in [1.807, 2.05) is 24.1 Å². The normalized spacial score (nSPS) is 17.6. The lowest BCUT2D eigenvalue weighted by atomic mass is 9.89. The average molecular weight is 473 g/mol. The first-order valence-electron chi connectivity index (χ1n) is 11.5. The number of rotatable bonds is 6. The molecule has 1 aliphatic carbocycles. The molecule has 1 atom stereocenters. The van der Waals surface area contributed by atoms with Crippen LogP contribution in [-0.4, -0.2) is 38.6 Å². The van der Waals surface area contributed by atoms with E-state index in [1.54, 1.807) is 18.2 Å². The van der Waals surface area contributed by atoms with Crippen LogP contribution < -0.4 is 4.72 Å². The number of likely N-dealkylation sites (tertiary alicyclic amines) is 1. The van der Waals surface area contributed by atoms with Gasteiger partial charge >= 0.3 is 0 Å². The topological polar surface area (TPSA) is 66.5 Å². The number of benzene rings is 2. The molecular formula is C25H32N2O3S2. The van der Waals surface area contributed by atoms with E-state index in [-0.39, 0.29) is 16.8 Å². The SMILES string of the molecule is CSc1ccc(S(=O)(=O)N[C@H](C)c2ccc3c(c2)CCCC3)cc1C(=O)N1CCCCC1. The Labute approximate surface area is 196 Å². The van der Waals surface area contributed by atoms with Gasteiger partial charge in [0.2, 0.25) is 10.0 Å². The number of piperidine rings is 1. The van der Waals surface area contributed by atoms with Crippen LogP contribution in [0.15, 0.2) is 46.2 Å². The Kier molecular flexibility index (Phi) is 7.27. The first-order chi connectivity index (χ1) is 15.4. The Morgan fingerprint density at radius 3 is 2.41 bits per heavy atom. The summed E-state index contributed by atoms with van der Waals surface area (Å²) in [6, 6.07) is 10.8. The van der Waals surface area contributed by atoms with Gasteiger partial charge < -0.3 is 4.90 Å². The molecule has 0 radical (unpaired) electrons. The molecule has 0 aromatic heterocycles. The van der Waals surface area contributed by atoms with Crippen LogP contribution in [0.2, 0.25) is 0 Å². The van der Waals surface area contributed by atoms with Crippen molar-refractivity contribution >= 4 is 27.7 Å².